The average Bonchev–Trinajstić information content (AvgIpc) is 2.65. The number of hydrogen-bond donors (Lipinski definition) is 2. The van der Waals surface area contributed by atoms with Crippen LogP contribution in [0.1, 0.15) is 60.4 Å². The first kappa shape index (κ1) is 23.0. The third-order valence-electron chi connectivity index (χ3n) is 4.08. The van der Waals surface area contributed by atoms with Crippen LogP contribution in [0.15, 0.2) is 46.9 Å². The first-order valence-corrected chi connectivity index (χ1v) is 10.5. The number of esters is 1. The molecule has 0 aliphatic carbocycles. The quantitative estimate of drug-likeness (QED) is 0.444. The van der Waals surface area contributed by atoms with E-state index < -0.39 is 0 Å². The van der Waals surface area contributed by atoms with Crippen molar-refractivity contribution in [3.05, 3.63) is 63.6 Å². The first-order valence-electron chi connectivity index (χ1n) is 9.31. The molecule has 0 heterocycles. The summed E-state index contributed by atoms with van der Waals surface area (Å²) in [6.45, 7) is 8.66. The Morgan fingerprint density at radius 3 is 2.24 bits per heavy atom. The molecule has 0 aromatic heterocycles. The van der Waals surface area contributed by atoms with Gasteiger partial charge in [-0.05, 0) is 66.0 Å². The highest BCUT2D eigenvalue weighted by Gasteiger charge is 2.18. The summed E-state index contributed by atoms with van der Waals surface area (Å²) in [4.78, 5) is 24.3. The Balaban J connectivity index is 1.97. The van der Waals surface area contributed by atoms with E-state index in [0.29, 0.717) is 23.4 Å². The van der Waals surface area contributed by atoms with Crippen LogP contribution in [0.2, 0.25) is 0 Å². The zero-order valence-corrected chi connectivity index (χ0v) is 19.4. The Morgan fingerprint density at radius 2 is 1.69 bits per heavy atom. The maximum absolute atomic E-state index is 12.5. The fraction of sp³-hybridized carbons (Fsp3) is 0.318. The van der Waals surface area contributed by atoms with Gasteiger partial charge in [-0.3, -0.25) is 10.1 Å². The van der Waals surface area contributed by atoms with Crippen LogP contribution < -0.4 is 10.6 Å². The van der Waals surface area contributed by atoms with Crippen molar-refractivity contribution in [3.63, 3.8) is 0 Å². The molecule has 2 aromatic carbocycles. The van der Waals surface area contributed by atoms with Gasteiger partial charge in [0, 0.05) is 15.7 Å². The van der Waals surface area contributed by atoms with E-state index >= 15 is 0 Å². The maximum atomic E-state index is 12.5. The SMILES string of the molecule is CCCOC(=O)c1ccc(NC(=S)NC(=O)c2ccc(C(C)(C)C)c(Br)c2)cc1. The Hall–Kier alpha value is -2.25. The molecule has 5 nitrogen and oxygen atoms in total. The molecule has 29 heavy (non-hydrogen) atoms. The Morgan fingerprint density at radius 1 is 1.07 bits per heavy atom. The topological polar surface area (TPSA) is 67.4 Å². The van der Waals surface area contributed by atoms with Crippen molar-refractivity contribution in [2.45, 2.75) is 39.5 Å². The summed E-state index contributed by atoms with van der Waals surface area (Å²) >= 11 is 8.76. The molecule has 0 aliphatic heterocycles. The van der Waals surface area contributed by atoms with Gasteiger partial charge in [0.05, 0.1) is 12.2 Å². The van der Waals surface area contributed by atoms with Crippen molar-refractivity contribution in [1.29, 1.82) is 0 Å². The number of nitrogens with one attached hydrogen (secondary N) is 2. The number of benzene rings is 2. The predicted octanol–water partition coefficient (Wildman–Crippen LogP) is 5.44. The van der Waals surface area contributed by atoms with Gasteiger partial charge in [0.1, 0.15) is 0 Å². The monoisotopic (exact) mass is 476 g/mol. The molecule has 0 radical (unpaired) electrons. The lowest BCUT2D eigenvalue weighted by Crippen LogP contribution is -2.34. The van der Waals surface area contributed by atoms with Gasteiger partial charge < -0.3 is 10.1 Å². The molecule has 2 rings (SSSR count). The van der Waals surface area contributed by atoms with Gasteiger partial charge in [-0.15, -0.1) is 0 Å². The molecule has 0 saturated carbocycles. The molecule has 0 unspecified atom stereocenters. The van der Waals surface area contributed by atoms with Crippen LogP contribution in [0.5, 0.6) is 0 Å². The minimum Gasteiger partial charge on any atom is -0.462 e. The van der Waals surface area contributed by atoms with E-state index in [2.05, 4.69) is 47.3 Å². The van der Waals surface area contributed by atoms with Crippen molar-refractivity contribution in [1.82, 2.24) is 5.32 Å². The molecule has 154 valence electrons. The second-order valence-electron chi connectivity index (χ2n) is 7.57. The molecule has 0 bridgehead atoms. The number of rotatable bonds is 5. The molecular formula is C22H25BrN2O3S. The van der Waals surface area contributed by atoms with E-state index in [1.54, 1.807) is 36.4 Å². The van der Waals surface area contributed by atoms with E-state index in [1.807, 2.05) is 13.0 Å². The van der Waals surface area contributed by atoms with Gasteiger partial charge in [0.2, 0.25) is 0 Å². The minimum absolute atomic E-state index is 0.0280. The molecule has 7 heteroatoms. The lowest BCUT2D eigenvalue weighted by molar-refractivity contribution is 0.0505. The van der Waals surface area contributed by atoms with E-state index in [-0.39, 0.29) is 22.4 Å². The molecule has 2 aromatic rings. The summed E-state index contributed by atoms with van der Waals surface area (Å²) in [6, 6.07) is 12.2. The largest absolute Gasteiger partial charge is 0.462 e. The number of carbonyl (C=O) groups excluding carboxylic acids is 2. The van der Waals surface area contributed by atoms with Gasteiger partial charge in [-0.1, -0.05) is 49.7 Å². The molecular weight excluding hydrogens is 452 g/mol. The van der Waals surface area contributed by atoms with Crippen LogP contribution in [-0.4, -0.2) is 23.6 Å². The molecule has 0 atom stereocenters. The highest BCUT2D eigenvalue weighted by Crippen LogP contribution is 2.30. The predicted molar refractivity (Wildman–Crippen MR) is 124 cm³/mol. The molecule has 0 saturated heterocycles. The molecule has 0 aliphatic rings. The number of carbonyl (C=O) groups is 2. The van der Waals surface area contributed by atoms with Crippen LogP contribution >= 0.6 is 28.1 Å². The van der Waals surface area contributed by atoms with Crippen molar-refractivity contribution in [3.8, 4) is 0 Å². The lowest BCUT2D eigenvalue weighted by Gasteiger charge is -2.21. The fourth-order valence-corrected chi connectivity index (χ4v) is 3.75. The molecule has 1 amide bonds. The van der Waals surface area contributed by atoms with E-state index in [4.69, 9.17) is 17.0 Å². The van der Waals surface area contributed by atoms with Crippen molar-refractivity contribution in [2.75, 3.05) is 11.9 Å². The lowest BCUT2D eigenvalue weighted by atomic mass is 9.86. The summed E-state index contributed by atoms with van der Waals surface area (Å²) in [5.74, 6) is -0.665. The number of amides is 1. The summed E-state index contributed by atoms with van der Waals surface area (Å²) < 4.78 is 5.97. The van der Waals surface area contributed by atoms with Crippen molar-refractivity contribution >= 4 is 50.8 Å². The van der Waals surface area contributed by atoms with Gasteiger partial charge in [-0.2, -0.15) is 0 Å². The standard InChI is InChI=1S/C22H25BrN2O3S/c1-5-12-28-20(27)14-6-9-16(10-7-14)24-21(29)25-19(26)15-8-11-17(18(23)13-15)22(2,3)4/h6-11,13H,5,12H2,1-4H3,(H2,24,25,26,29). The number of anilines is 1. The Bertz CT molecular complexity index is 905. The van der Waals surface area contributed by atoms with Gasteiger partial charge in [0.25, 0.3) is 5.91 Å². The Kier molecular flexibility index (Phi) is 7.93. The van der Waals surface area contributed by atoms with Crippen LogP contribution in [0.3, 0.4) is 0 Å². The van der Waals surface area contributed by atoms with Gasteiger partial charge >= 0.3 is 5.97 Å². The van der Waals surface area contributed by atoms with Crippen LogP contribution in [0.25, 0.3) is 0 Å². The third kappa shape index (κ3) is 6.65. The molecule has 0 spiro atoms. The van der Waals surface area contributed by atoms with Gasteiger partial charge in [-0.25, -0.2) is 4.79 Å². The number of ether oxygens (including phenoxy) is 1. The third-order valence-corrected chi connectivity index (χ3v) is 4.94. The summed E-state index contributed by atoms with van der Waals surface area (Å²) in [6.07, 6.45) is 0.773. The van der Waals surface area contributed by atoms with Crippen LogP contribution in [0.4, 0.5) is 5.69 Å². The zero-order valence-electron chi connectivity index (χ0n) is 17.0. The highest BCUT2D eigenvalue weighted by atomic mass is 79.9. The van der Waals surface area contributed by atoms with E-state index in [1.165, 1.54) is 0 Å². The summed E-state index contributed by atoms with van der Waals surface area (Å²) in [7, 11) is 0. The first-order chi connectivity index (χ1) is 13.6. The number of hydrogen-bond acceptors (Lipinski definition) is 4. The fourth-order valence-electron chi connectivity index (χ4n) is 2.57. The average molecular weight is 477 g/mol. The second-order valence-corrected chi connectivity index (χ2v) is 8.83. The normalized spacial score (nSPS) is 10.9. The van der Waals surface area contributed by atoms with E-state index in [9.17, 15) is 9.59 Å². The number of halogens is 1. The highest BCUT2D eigenvalue weighted by molar-refractivity contribution is 9.10. The van der Waals surface area contributed by atoms with Crippen molar-refractivity contribution in [2.24, 2.45) is 0 Å². The minimum atomic E-state index is -0.362. The second kappa shape index (κ2) is 9.98. The Labute approximate surface area is 185 Å². The smallest absolute Gasteiger partial charge is 0.338 e. The van der Waals surface area contributed by atoms with Crippen LogP contribution in [0, 0.1) is 0 Å². The zero-order chi connectivity index (χ0) is 21.6. The summed E-state index contributed by atoms with van der Waals surface area (Å²) in [5, 5.41) is 5.78. The van der Waals surface area contributed by atoms with Crippen molar-refractivity contribution < 1.29 is 14.3 Å². The summed E-state index contributed by atoms with van der Waals surface area (Å²) in [5.41, 5.74) is 2.71. The van der Waals surface area contributed by atoms with Gasteiger partial charge in [0.15, 0.2) is 5.11 Å². The molecule has 0 fully saturated rings. The van der Waals surface area contributed by atoms with Crippen LogP contribution in [-0.2, 0) is 10.2 Å². The van der Waals surface area contributed by atoms with E-state index in [0.717, 1.165) is 16.5 Å². The molecule has 2 N–H and O–H groups in total. The number of thiocarbonyl (C=S) groups is 1. The maximum Gasteiger partial charge on any atom is 0.338 e.